The van der Waals surface area contributed by atoms with E-state index < -0.39 is 0 Å². The first-order valence-corrected chi connectivity index (χ1v) is 6.16. The Morgan fingerprint density at radius 1 is 1.12 bits per heavy atom. The number of hydrogen-bond donors (Lipinski definition) is 0. The van der Waals surface area contributed by atoms with Crippen molar-refractivity contribution in [3.63, 3.8) is 0 Å². The smallest absolute Gasteiger partial charge is 0.133 e. The minimum absolute atomic E-state index is 0.0316. The summed E-state index contributed by atoms with van der Waals surface area (Å²) in [6.07, 6.45) is 0. The molecule has 2 rings (SSSR count). The van der Waals surface area contributed by atoms with Gasteiger partial charge in [-0.25, -0.2) is 4.68 Å². The lowest BCUT2D eigenvalue weighted by Gasteiger charge is -2.14. The summed E-state index contributed by atoms with van der Waals surface area (Å²) in [5, 5.41) is 5.72. The molecule has 4 heteroatoms. The molecule has 0 aliphatic heterocycles. The van der Waals surface area contributed by atoms with Crippen LogP contribution in [-0.2, 0) is 5.41 Å². The molecule has 0 aliphatic carbocycles. The molecule has 1 aromatic heterocycles. The first-order chi connectivity index (χ1) is 7.89. The van der Waals surface area contributed by atoms with Crippen LogP contribution < -0.4 is 0 Å². The lowest BCUT2D eigenvalue weighted by atomic mass is 9.93. The summed E-state index contributed by atoms with van der Waals surface area (Å²) < 4.78 is 1.67. The van der Waals surface area contributed by atoms with Gasteiger partial charge in [0.1, 0.15) is 5.15 Å². The number of halogens is 2. The summed E-state index contributed by atoms with van der Waals surface area (Å²) >= 11 is 12.3. The molecule has 0 radical (unpaired) electrons. The number of nitrogens with zero attached hydrogens (tertiary/aromatic N) is 2. The van der Waals surface area contributed by atoms with Gasteiger partial charge in [-0.1, -0.05) is 56.1 Å². The maximum absolute atomic E-state index is 6.20. The molecule has 17 heavy (non-hydrogen) atoms. The molecule has 0 saturated heterocycles. The van der Waals surface area contributed by atoms with Crippen LogP contribution in [0.1, 0.15) is 26.5 Å². The molecule has 1 heterocycles. The monoisotopic (exact) mass is 268 g/mol. The minimum atomic E-state index is -0.0316. The number of aromatic nitrogens is 2. The third kappa shape index (κ3) is 2.48. The van der Waals surface area contributed by atoms with Gasteiger partial charge in [0.05, 0.1) is 16.4 Å². The summed E-state index contributed by atoms with van der Waals surface area (Å²) in [7, 11) is 0. The van der Waals surface area contributed by atoms with Crippen molar-refractivity contribution < 1.29 is 0 Å². The zero-order valence-electron chi connectivity index (χ0n) is 10.0. The molecule has 2 aromatic rings. The van der Waals surface area contributed by atoms with Gasteiger partial charge in [-0.2, -0.15) is 5.10 Å². The standard InChI is InChI=1S/C13H14Cl2N2/c1-13(2,3)11-8-12(15)17(16-11)10-7-5-4-6-9(10)14/h4-8H,1-3H3. The maximum Gasteiger partial charge on any atom is 0.133 e. The highest BCUT2D eigenvalue weighted by Crippen LogP contribution is 2.28. The van der Waals surface area contributed by atoms with Crippen LogP contribution >= 0.6 is 23.2 Å². The first kappa shape index (κ1) is 12.5. The second-order valence-electron chi connectivity index (χ2n) is 4.97. The Morgan fingerprint density at radius 3 is 2.29 bits per heavy atom. The molecule has 0 bridgehead atoms. The lowest BCUT2D eigenvalue weighted by Crippen LogP contribution is -2.12. The molecule has 0 amide bonds. The van der Waals surface area contributed by atoms with E-state index in [1.54, 1.807) is 4.68 Å². The van der Waals surface area contributed by atoms with Gasteiger partial charge >= 0.3 is 0 Å². The van der Waals surface area contributed by atoms with Crippen LogP contribution in [0.3, 0.4) is 0 Å². The third-order valence-electron chi connectivity index (χ3n) is 2.51. The molecule has 2 nitrogen and oxygen atoms in total. The van der Waals surface area contributed by atoms with Crippen molar-refractivity contribution in [2.75, 3.05) is 0 Å². The van der Waals surface area contributed by atoms with Gasteiger partial charge in [0.2, 0.25) is 0 Å². The van der Waals surface area contributed by atoms with Crippen LogP contribution in [0.4, 0.5) is 0 Å². The second kappa shape index (κ2) is 4.35. The Bertz CT molecular complexity index is 539. The van der Waals surface area contributed by atoms with Crippen LogP contribution in [0.5, 0.6) is 0 Å². The van der Waals surface area contributed by atoms with E-state index in [2.05, 4.69) is 25.9 Å². The number of para-hydroxylation sites is 1. The summed E-state index contributed by atoms with van der Waals surface area (Å²) in [6, 6.07) is 9.40. The number of benzene rings is 1. The molecule has 1 aromatic carbocycles. The van der Waals surface area contributed by atoms with E-state index in [4.69, 9.17) is 23.2 Å². The van der Waals surface area contributed by atoms with Gasteiger partial charge in [-0.3, -0.25) is 0 Å². The van der Waals surface area contributed by atoms with Crippen molar-refractivity contribution in [1.29, 1.82) is 0 Å². The predicted octanol–water partition coefficient (Wildman–Crippen LogP) is 4.48. The van der Waals surface area contributed by atoms with E-state index in [0.29, 0.717) is 10.2 Å². The Morgan fingerprint density at radius 2 is 1.76 bits per heavy atom. The van der Waals surface area contributed by atoms with Crippen LogP contribution in [0.15, 0.2) is 30.3 Å². The minimum Gasteiger partial charge on any atom is -0.220 e. The van der Waals surface area contributed by atoms with Crippen LogP contribution in [0.25, 0.3) is 5.69 Å². The normalized spacial score (nSPS) is 11.8. The zero-order valence-corrected chi connectivity index (χ0v) is 11.5. The summed E-state index contributed by atoms with van der Waals surface area (Å²) in [5.74, 6) is 0. The molecule has 0 unspecified atom stereocenters. The van der Waals surface area contributed by atoms with Gasteiger partial charge in [0.25, 0.3) is 0 Å². The average molecular weight is 269 g/mol. The van der Waals surface area contributed by atoms with Crippen LogP contribution in [0.2, 0.25) is 10.2 Å². The highest BCUT2D eigenvalue weighted by molar-refractivity contribution is 6.33. The van der Waals surface area contributed by atoms with Crippen molar-refractivity contribution >= 4 is 23.2 Å². The Balaban J connectivity index is 2.55. The van der Waals surface area contributed by atoms with Gasteiger partial charge in [-0.05, 0) is 18.2 Å². The van der Waals surface area contributed by atoms with E-state index in [1.807, 2.05) is 30.3 Å². The second-order valence-corrected chi connectivity index (χ2v) is 5.76. The molecule has 0 N–H and O–H groups in total. The average Bonchev–Trinajstić information content (AvgIpc) is 2.61. The fraction of sp³-hybridized carbons (Fsp3) is 0.308. The fourth-order valence-corrected chi connectivity index (χ4v) is 1.97. The molecular weight excluding hydrogens is 255 g/mol. The first-order valence-electron chi connectivity index (χ1n) is 5.40. The van der Waals surface area contributed by atoms with Crippen molar-refractivity contribution in [2.24, 2.45) is 0 Å². The van der Waals surface area contributed by atoms with E-state index in [1.165, 1.54) is 0 Å². The molecule has 0 atom stereocenters. The van der Waals surface area contributed by atoms with Gasteiger partial charge in [0.15, 0.2) is 0 Å². The van der Waals surface area contributed by atoms with Gasteiger partial charge < -0.3 is 0 Å². The van der Waals surface area contributed by atoms with Crippen molar-refractivity contribution in [2.45, 2.75) is 26.2 Å². The van der Waals surface area contributed by atoms with Gasteiger partial charge in [0, 0.05) is 5.41 Å². The van der Waals surface area contributed by atoms with E-state index in [-0.39, 0.29) is 5.41 Å². The number of rotatable bonds is 1. The summed E-state index contributed by atoms with van der Waals surface area (Å²) in [4.78, 5) is 0. The molecule has 0 aliphatic rings. The molecule has 0 spiro atoms. The fourth-order valence-electron chi connectivity index (χ4n) is 1.52. The van der Waals surface area contributed by atoms with Gasteiger partial charge in [-0.15, -0.1) is 0 Å². The van der Waals surface area contributed by atoms with Crippen molar-refractivity contribution in [3.05, 3.63) is 46.2 Å². The zero-order chi connectivity index (χ0) is 12.6. The summed E-state index contributed by atoms with van der Waals surface area (Å²) in [6.45, 7) is 6.30. The molecule has 0 saturated carbocycles. The van der Waals surface area contributed by atoms with E-state index in [9.17, 15) is 0 Å². The molecule has 0 fully saturated rings. The van der Waals surface area contributed by atoms with Crippen LogP contribution in [-0.4, -0.2) is 9.78 Å². The van der Waals surface area contributed by atoms with Crippen molar-refractivity contribution in [3.8, 4) is 5.69 Å². The third-order valence-corrected chi connectivity index (χ3v) is 3.10. The topological polar surface area (TPSA) is 17.8 Å². The van der Waals surface area contributed by atoms with E-state index in [0.717, 1.165) is 11.4 Å². The quantitative estimate of drug-likeness (QED) is 0.746. The highest BCUT2D eigenvalue weighted by atomic mass is 35.5. The molecular formula is C13H14Cl2N2. The Labute approximate surface area is 111 Å². The number of hydrogen-bond acceptors (Lipinski definition) is 1. The Hall–Kier alpha value is -0.990. The predicted molar refractivity (Wildman–Crippen MR) is 72.3 cm³/mol. The lowest BCUT2D eigenvalue weighted by molar-refractivity contribution is 0.560. The summed E-state index contributed by atoms with van der Waals surface area (Å²) in [5.41, 5.74) is 1.72. The van der Waals surface area contributed by atoms with Crippen LogP contribution in [0, 0.1) is 0 Å². The largest absolute Gasteiger partial charge is 0.220 e. The van der Waals surface area contributed by atoms with E-state index >= 15 is 0 Å². The SMILES string of the molecule is CC(C)(C)c1cc(Cl)n(-c2ccccc2Cl)n1. The Kier molecular flexibility index (Phi) is 3.19. The maximum atomic E-state index is 6.20. The van der Waals surface area contributed by atoms with Crippen molar-refractivity contribution in [1.82, 2.24) is 9.78 Å². The highest BCUT2D eigenvalue weighted by Gasteiger charge is 2.20. The molecule has 90 valence electrons.